The molecule has 1 amide bonds. The zero-order valence-corrected chi connectivity index (χ0v) is 12.0. The molecular formula is C16H19NO4. The van der Waals surface area contributed by atoms with E-state index in [0.717, 1.165) is 35.1 Å². The molecule has 5 nitrogen and oxygen atoms in total. The lowest BCUT2D eigenvalue weighted by molar-refractivity contribution is -0.131. The van der Waals surface area contributed by atoms with Crippen LogP contribution in [0.4, 0.5) is 0 Å². The molecule has 1 aromatic carbocycles. The van der Waals surface area contributed by atoms with Crippen molar-refractivity contribution in [1.82, 2.24) is 4.90 Å². The van der Waals surface area contributed by atoms with Crippen LogP contribution in [-0.4, -0.2) is 42.2 Å². The number of methoxy groups -OCH3 is 1. The highest BCUT2D eigenvalue weighted by Crippen LogP contribution is 2.29. The minimum Gasteiger partial charge on any atom is -0.497 e. The second kappa shape index (κ2) is 5.77. The van der Waals surface area contributed by atoms with Gasteiger partial charge in [-0.15, -0.1) is 0 Å². The third-order valence-electron chi connectivity index (χ3n) is 3.85. The SMILES string of the molecule is COc1ccc2c(CC(=O)N(CCO)C3CC3)coc2c1. The highest BCUT2D eigenvalue weighted by atomic mass is 16.5. The van der Waals surface area contributed by atoms with Crippen LogP contribution in [0, 0.1) is 0 Å². The van der Waals surface area contributed by atoms with E-state index in [1.54, 1.807) is 18.3 Å². The van der Waals surface area contributed by atoms with Crippen LogP contribution in [-0.2, 0) is 11.2 Å². The van der Waals surface area contributed by atoms with E-state index in [1.807, 2.05) is 18.2 Å². The van der Waals surface area contributed by atoms with Crippen molar-refractivity contribution >= 4 is 16.9 Å². The predicted molar refractivity (Wildman–Crippen MR) is 78.3 cm³/mol. The summed E-state index contributed by atoms with van der Waals surface area (Å²) in [7, 11) is 1.61. The summed E-state index contributed by atoms with van der Waals surface area (Å²) in [5.74, 6) is 0.777. The van der Waals surface area contributed by atoms with Crippen molar-refractivity contribution in [3.05, 3.63) is 30.0 Å². The van der Waals surface area contributed by atoms with Gasteiger partial charge in [0, 0.05) is 29.6 Å². The van der Waals surface area contributed by atoms with E-state index in [9.17, 15) is 4.79 Å². The third kappa shape index (κ3) is 2.88. The molecule has 2 aromatic rings. The molecule has 5 heteroatoms. The van der Waals surface area contributed by atoms with Crippen LogP contribution < -0.4 is 4.74 Å². The van der Waals surface area contributed by atoms with Gasteiger partial charge in [-0.3, -0.25) is 4.79 Å². The minimum atomic E-state index is 0.00553. The summed E-state index contributed by atoms with van der Waals surface area (Å²) in [5, 5.41) is 10.0. The van der Waals surface area contributed by atoms with Crippen LogP contribution in [0.2, 0.25) is 0 Å². The molecule has 3 rings (SSSR count). The summed E-state index contributed by atoms with van der Waals surface area (Å²) in [6.45, 7) is 0.415. The Morgan fingerprint density at radius 1 is 1.48 bits per heavy atom. The van der Waals surface area contributed by atoms with Crippen molar-refractivity contribution in [2.75, 3.05) is 20.3 Å². The van der Waals surface area contributed by atoms with E-state index in [1.165, 1.54) is 0 Å². The fourth-order valence-electron chi connectivity index (χ4n) is 2.60. The number of fused-ring (bicyclic) bond motifs is 1. The number of furan rings is 1. The van der Waals surface area contributed by atoms with Gasteiger partial charge in [0.15, 0.2) is 0 Å². The van der Waals surface area contributed by atoms with Crippen LogP contribution >= 0.6 is 0 Å². The fraction of sp³-hybridized carbons (Fsp3) is 0.438. The third-order valence-corrected chi connectivity index (χ3v) is 3.85. The van der Waals surface area contributed by atoms with E-state index in [0.29, 0.717) is 19.0 Å². The molecule has 21 heavy (non-hydrogen) atoms. The molecule has 0 saturated heterocycles. The number of aliphatic hydroxyl groups is 1. The van der Waals surface area contributed by atoms with Gasteiger partial charge in [0.05, 0.1) is 26.4 Å². The standard InChI is InChI=1S/C16H19NO4/c1-20-13-4-5-14-11(10-21-15(14)9-13)8-16(19)17(6-7-18)12-2-3-12/h4-5,9-10,12,18H,2-3,6-8H2,1H3. The Bertz CT molecular complexity index is 645. The Kier molecular flexibility index (Phi) is 3.84. The van der Waals surface area contributed by atoms with E-state index < -0.39 is 0 Å². The molecule has 0 unspecified atom stereocenters. The van der Waals surface area contributed by atoms with Gasteiger partial charge < -0.3 is 19.2 Å². The first kappa shape index (κ1) is 13.9. The normalized spacial score (nSPS) is 14.4. The minimum absolute atomic E-state index is 0.00553. The van der Waals surface area contributed by atoms with Crippen molar-refractivity contribution in [2.45, 2.75) is 25.3 Å². The molecule has 0 radical (unpaired) electrons. The van der Waals surface area contributed by atoms with Crippen LogP contribution in [0.25, 0.3) is 11.0 Å². The number of amides is 1. The zero-order valence-electron chi connectivity index (χ0n) is 12.0. The second-order valence-corrected chi connectivity index (χ2v) is 5.34. The maximum atomic E-state index is 12.4. The van der Waals surface area contributed by atoms with Gasteiger partial charge in [-0.2, -0.15) is 0 Å². The maximum Gasteiger partial charge on any atom is 0.227 e. The molecule has 1 aliphatic rings. The molecule has 1 saturated carbocycles. The van der Waals surface area contributed by atoms with Gasteiger partial charge in [-0.25, -0.2) is 0 Å². The highest BCUT2D eigenvalue weighted by Gasteiger charge is 2.32. The summed E-state index contributed by atoms with van der Waals surface area (Å²) >= 11 is 0. The number of benzene rings is 1. The molecule has 0 spiro atoms. The number of hydrogen-bond donors (Lipinski definition) is 1. The molecule has 1 aromatic heterocycles. The monoisotopic (exact) mass is 289 g/mol. The summed E-state index contributed by atoms with van der Waals surface area (Å²) in [5.41, 5.74) is 1.60. The van der Waals surface area contributed by atoms with Crippen molar-refractivity contribution in [3.63, 3.8) is 0 Å². The number of ether oxygens (including phenoxy) is 1. The number of nitrogens with zero attached hydrogens (tertiary/aromatic N) is 1. The van der Waals surface area contributed by atoms with Crippen LogP contribution in [0.1, 0.15) is 18.4 Å². The Labute approximate surface area is 123 Å². The van der Waals surface area contributed by atoms with Crippen LogP contribution in [0.3, 0.4) is 0 Å². The first-order valence-electron chi connectivity index (χ1n) is 7.17. The number of rotatable bonds is 6. The lowest BCUT2D eigenvalue weighted by atomic mass is 10.1. The molecule has 112 valence electrons. The van der Waals surface area contributed by atoms with Gasteiger partial charge in [-0.1, -0.05) is 0 Å². The number of carbonyl (C=O) groups is 1. The van der Waals surface area contributed by atoms with E-state index in [-0.39, 0.29) is 12.5 Å². The molecule has 1 fully saturated rings. The topological polar surface area (TPSA) is 62.9 Å². The van der Waals surface area contributed by atoms with Gasteiger partial charge in [0.25, 0.3) is 0 Å². The molecule has 1 heterocycles. The Hall–Kier alpha value is -2.01. The van der Waals surface area contributed by atoms with E-state index >= 15 is 0 Å². The number of hydrogen-bond acceptors (Lipinski definition) is 4. The lowest BCUT2D eigenvalue weighted by Crippen LogP contribution is -2.36. The second-order valence-electron chi connectivity index (χ2n) is 5.34. The first-order chi connectivity index (χ1) is 10.2. The lowest BCUT2D eigenvalue weighted by Gasteiger charge is -2.21. The highest BCUT2D eigenvalue weighted by molar-refractivity contribution is 5.88. The Balaban J connectivity index is 1.79. The van der Waals surface area contributed by atoms with Crippen molar-refractivity contribution in [3.8, 4) is 5.75 Å². The average Bonchev–Trinajstić information content (AvgIpc) is 3.26. The molecular weight excluding hydrogens is 270 g/mol. The molecule has 0 atom stereocenters. The van der Waals surface area contributed by atoms with Crippen LogP contribution in [0.5, 0.6) is 5.75 Å². The molecule has 1 N–H and O–H groups in total. The molecule has 1 aliphatic carbocycles. The fourth-order valence-corrected chi connectivity index (χ4v) is 2.60. The predicted octanol–water partition coefficient (Wildman–Crippen LogP) is 1.97. The van der Waals surface area contributed by atoms with Crippen molar-refractivity contribution in [1.29, 1.82) is 0 Å². The molecule has 0 aliphatic heterocycles. The van der Waals surface area contributed by atoms with Gasteiger partial charge in [0.1, 0.15) is 11.3 Å². The smallest absolute Gasteiger partial charge is 0.227 e. The summed E-state index contributed by atoms with van der Waals surface area (Å²) in [6.07, 6.45) is 4.01. The first-order valence-corrected chi connectivity index (χ1v) is 7.17. The van der Waals surface area contributed by atoms with Crippen LogP contribution in [0.15, 0.2) is 28.9 Å². The van der Waals surface area contributed by atoms with Crippen molar-refractivity contribution < 1.29 is 19.1 Å². The number of aliphatic hydroxyl groups excluding tert-OH is 1. The quantitative estimate of drug-likeness (QED) is 0.883. The summed E-state index contributed by atoms with van der Waals surface area (Å²) < 4.78 is 10.7. The van der Waals surface area contributed by atoms with Gasteiger partial charge in [0.2, 0.25) is 5.91 Å². The number of carbonyl (C=O) groups excluding carboxylic acids is 1. The average molecular weight is 289 g/mol. The zero-order chi connectivity index (χ0) is 14.8. The maximum absolute atomic E-state index is 12.4. The van der Waals surface area contributed by atoms with E-state index in [4.69, 9.17) is 14.3 Å². The summed E-state index contributed by atoms with van der Waals surface area (Å²) in [6, 6.07) is 5.89. The molecule has 0 bridgehead atoms. The Morgan fingerprint density at radius 3 is 2.95 bits per heavy atom. The van der Waals surface area contributed by atoms with Crippen molar-refractivity contribution in [2.24, 2.45) is 0 Å². The van der Waals surface area contributed by atoms with Gasteiger partial charge >= 0.3 is 0 Å². The largest absolute Gasteiger partial charge is 0.497 e. The summed E-state index contributed by atoms with van der Waals surface area (Å²) in [4.78, 5) is 14.2. The Morgan fingerprint density at radius 2 is 2.29 bits per heavy atom. The van der Waals surface area contributed by atoms with E-state index in [2.05, 4.69) is 0 Å². The van der Waals surface area contributed by atoms with Gasteiger partial charge in [-0.05, 0) is 25.0 Å².